The molecular formula is C23H30Cl2N2O4S. The first-order valence-corrected chi connectivity index (χ1v) is 12.8. The lowest BCUT2D eigenvalue weighted by Crippen LogP contribution is -2.48. The summed E-state index contributed by atoms with van der Waals surface area (Å²) in [6.45, 7) is 9.48. The van der Waals surface area contributed by atoms with Gasteiger partial charge in [-0.25, -0.2) is 8.42 Å². The van der Waals surface area contributed by atoms with Gasteiger partial charge in [0, 0.05) is 10.0 Å². The van der Waals surface area contributed by atoms with E-state index in [1.165, 1.54) is 25.1 Å². The normalized spacial score (nSPS) is 13.6. The molecule has 0 aromatic heterocycles. The fourth-order valence-corrected chi connectivity index (χ4v) is 5.37. The maximum Gasteiger partial charge on any atom is 0.244 e. The van der Waals surface area contributed by atoms with Crippen LogP contribution in [0.25, 0.3) is 0 Å². The zero-order chi connectivity index (χ0) is 24.4. The molecule has 9 heteroatoms. The lowest BCUT2D eigenvalue weighted by molar-refractivity contribution is -0.122. The van der Waals surface area contributed by atoms with E-state index in [0.717, 1.165) is 33.0 Å². The Bertz CT molecular complexity index is 1080. The third-order valence-electron chi connectivity index (χ3n) is 5.26. The van der Waals surface area contributed by atoms with Crippen LogP contribution in [-0.2, 0) is 14.8 Å². The van der Waals surface area contributed by atoms with Gasteiger partial charge in [-0.1, -0.05) is 37.0 Å². The third-order valence-corrected chi connectivity index (χ3v) is 6.93. The van der Waals surface area contributed by atoms with Gasteiger partial charge >= 0.3 is 0 Å². The molecule has 0 aliphatic carbocycles. The lowest BCUT2D eigenvalue weighted by atomic mass is 9.93. The molecule has 6 nitrogen and oxygen atoms in total. The van der Waals surface area contributed by atoms with Crippen molar-refractivity contribution in [3.63, 3.8) is 0 Å². The number of hydrogen-bond acceptors (Lipinski definition) is 4. The number of anilines is 1. The van der Waals surface area contributed by atoms with Crippen molar-refractivity contribution in [2.75, 3.05) is 17.7 Å². The monoisotopic (exact) mass is 500 g/mol. The standard InChI is InChI=1S/C23H30Cl2N2O4S/c1-13(2)20-12-21(14(3)8-22(20)31-6)15(4)26-23(28)16(5)27(32(7,29)30)19-10-17(24)9-18(25)11-19/h8-13,15-16H,1-7H3,(H,26,28)/t15-,16+/m0/s1. The Balaban J connectivity index is 2.37. The van der Waals surface area contributed by atoms with Crippen molar-refractivity contribution in [3.05, 3.63) is 57.1 Å². The fraction of sp³-hybridized carbons (Fsp3) is 0.435. The maximum absolute atomic E-state index is 13.1. The first-order chi connectivity index (χ1) is 14.8. The van der Waals surface area contributed by atoms with Gasteiger partial charge in [0.15, 0.2) is 0 Å². The molecule has 0 spiro atoms. The number of hydrogen-bond donors (Lipinski definition) is 1. The molecule has 0 aliphatic heterocycles. The molecule has 176 valence electrons. The Morgan fingerprint density at radius 1 is 1.00 bits per heavy atom. The summed E-state index contributed by atoms with van der Waals surface area (Å²) in [7, 11) is -2.16. The second kappa shape index (κ2) is 10.3. The highest BCUT2D eigenvalue weighted by Gasteiger charge is 2.30. The van der Waals surface area contributed by atoms with Gasteiger partial charge in [-0.05, 0) is 73.7 Å². The number of rotatable bonds is 8. The van der Waals surface area contributed by atoms with Crippen LogP contribution in [0.1, 0.15) is 56.3 Å². The number of nitrogens with zero attached hydrogens (tertiary/aromatic N) is 1. The van der Waals surface area contributed by atoms with Crippen LogP contribution < -0.4 is 14.4 Å². The maximum atomic E-state index is 13.1. The molecule has 0 aliphatic rings. The molecule has 1 amide bonds. The van der Waals surface area contributed by atoms with Gasteiger partial charge in [0.2, 0.25) is 15.9 Å². The van der Waals surface area contributed by atoms with E-state index in [4.69, 9.17) is 27.9 Å². The van der Waals surface area contributed by atoms with Crippen LogP contribution in [0.3, 0.4) is 0 Å². The van der Waals surface area contributed by atoms with E-state index in [9.17, 15) is 13.2 Å². The first-order valence-electron chi connectivity index (χ1n) is 10.2. The SMILES string of the molecule is COc1cc(C)c([C@H](C)NC(=O)[C@@H](C)N(c2cc(Cl)cc(Cl)c2)S(C)(=O)=O)cc1C(C)C. The van der Waals surface area contributed by atoms with Gasteiger partial charge in [-0.15, -0.1) is 0 Å². The molecule has 0 saturated carbocycles. The van der Waals surface area contributed by atoms with Crippen LogP contribution >= 0.6 is 23.2 Å². The number of carbonyl (C=O) groups is 1. The summed E-state index contributed by atoms with van der Waals surface area (Å²) in [5.41, 5.74) is 3.16. The Morgan fingerprint density at radius 2 is 1.56 bits per heavy atom. The summed E-state index contributed by atoms with van der Waals surface area (Å²) >= 11 is 12.1. The minimum Gasteiger partial charge on any atom is -0.496 e. The van der Waals surface area contributed by atoms with E-state index in [-0.39, 0.29) is 27.7 Å². The second-order valence-corrected chi connectivity index (χ2v) is 10.9. The molecule has 0 bridgehead atoms. The van der Waals surface area contributed by atoms with E-state index < -0.39 is 22.0 Å². The Kier molecular flexibility index (Phi) is 8.48. The van der Waals surface area contributed by atoms with Gasteiger partial charge in [-0.2, -0.15) is 0 Å². The molecule has 2 atom stereocenters. The third kappa shape index (κ3) is 6.09. The molecule has 1 N–H and O–H groups in total. The highest BCUT2D eigenvalue weighted by atomic mass is 35.5. The van der Waals surface area contributed by atoms with Crippen molar-refractivity contribution in [1.29, 1.82) is 0 Å². The minimum atomic E-state index is -3.79. The number of halogens is 2. The molecule has 0 saturated heterocycles. The molecule has 0 fully saturated rings. The first kappa shape index (κ1) is 26.3. The van der Waals surface area contributed by atoms with Crippen LogP contribution in [0.5, 0.6) is 5.75 Å². The average molecular weight is 501 g/mol. The molecule has 0 radical (unpaired) electrons. The zero-order valence-electron chi connectivity index (χ0n) is 19.4. The predicted molar refractivity (Wildman–Crippen MR) is 132 cm³/mol. The van der Waals surface area contributed by atoms with Crippen LogP contribution in [-0.4, -0.2) is 33.7 Å². The van der Waals surface area contributed by atoms with Gasteiger partial charge in [-0.3, -0.25) is 9.10 Å². The average Bonchev–Trinajstić information content (AvgIpc) is 2.65. The van der Waals surface area contributed by atoms with E-state index >= 15 is 0 Å². The van der Waals surface area contributed by atoms with Gasteiger partial charge in [0.1, 0.15) is 11.8 Å². The summed E-state index contributed by atoms with van der Waals surface area (Å²) < 4.78 is 31.6. The van der Waals surface area contributed by atoms with Gasteiger partial charge < -0.3 is 10.1 Å². The van der Waals surface area contributed by atoms with Crippen molar-refractivity contribution in [2.24, 2.45) is 0 Å². The molecule has 2 aromatic carbocycles. The summed E-state index contributed by atoms with van der Waals surface area (Å²) in [6, 6.07) is 7.03. The molecule has 32 heavy (non-hydrogen) atoms. The van der Waals surface area contributed by atoms with E-state index in [1.54, 1.807) is 7.11 Å². The summed E-state index contributed by atoms with van der Waals surface area (Å²) in [5.74, 6) is 0.592. The minimum absolute atomic E-state index is 0.225. The number of nitrogens with one attached hydrogen (secondary N) is 1. The molecule has 0 unspecified atom stereocenters. The summed E-state index contributed by atoms with van der Waals surface area (Å²) in [5, 5.41) is 3.49. The van der Waals surface area contributed by atoms with Crippen molar-refractivity contribution in [1.82, 2.24) is 5.32 Å². The number of aryl methyl sites for hydroxylation is 1. The molecule has 0 heterocycles. The smallest absolute Gasteiger partial charge is 0.244 e. The van der Waals surface area contributed by atoms with Crippen molar-refractivity contribution in [3.8, 4) is 5.75 Å². The van der Waals surface area contributed by atoms with Crippen molar-refractivity contribution >= 4 is 44.8 Å². The fourth-order valence-electron chi connectivity index (χ4n) is 3.70. The Hall–Kier alpha value is -1.96. The number of sulfonamides is 1. The summed E-state index contributed by atoms with van der Waals surface area (Å²) in [4.78, 5) is 13.1. The zero-order valence-corrected chi connectivity index (χ0v) is 21.7. The lowest BCUT2D eigenvalue weighted by Gasteiger charge is -2.30. The molecule has 2 rings (SSSR count). The van der Waals surface area contributed by atoms with Gasteiger partial charge in [0.25, 0.3) is 0 Å². The molecule has 2 aromatic rings. The quantitative estimate of drug-likeness (QED) is 0.521. The highest BCUT2D eigenvalue weighted by molar-refractivity contribution is 7.92. The molecular weight excluding hydrogens is 471 g/mol. The van der Waals surface area contributed by atoms with Crippen molar-refractivity contribution < 1.29 is 17.9 Å². The van der Waals surface area contributed by atoms with Crippen LogP contribution in [0.2, 0.25) is 10.0 Å². The number of carbonyl (C=O) groups excluding carboxylic acids is 1. The highest BCUT2D eigenvalue weighted by Crippen LogP contribution is 2.33. The number of ether oxygens (including phenoxy) is 1. The number of amides is 1. The Labute approximate surface area is 200 Å². The van der Waals surface area contributed by atoms with Crippen LogP contribution in [0, 0.1) is 6.92 Å². The van der Waals surface area contributed by atoms with Gasteiger partial charge in [0.05, 0.1) is 25.1 Å². The largest absolute Gasteiger partial charge is 0.496 e. The summed E-state index contributed by atoms with van der Waals surface area (Å²) in [6.07, 6.45) is 1.04. The topological polar surface area (TPSA) is 75.7 Å². The second-order valence-electron chi connectivity index (χ2n) is 8.20. The van der Waals surface area contributed by atoms with E-state index in [1.807, 2.05) is 26.0 Å². The van der Waals surface area contributed by atoms with Crippen molar-refractivity contribution in [2.45, 2.75) is 52.6 Å². The number of methoxy groups -OCH3 is 1. The van der Waals surface area contributed by atoms with E-state index in [0.29, 0.717) is 0 Å². The van der Waals surface area contributed by atoms with Crippen LogP contribution in [0.15, 0.2) is 30.3 Å². The predicted octanol–water partition coefficient (Wildman–Crippen LogP) is 5.47. The Morgan fingerprint density at radius 3 is 2.03 bits per heavy atom. The van der Waals surface area contributed by atoms with Crippen LogP contribution in [0.4, 0.5) is 5.69 Å². The number of benzene rings is 2. The van der Waals surface area contributed by atoms with E-state index in [2.05, 4.69) is 19.2 Å².